The van der Waals surface area contributed by atoms with Crippen LogP contribution < -0.4 is 25.2 Å². The van der Waals surface area contributed by atoms with Gasteiger partial charge in [0, 0.05) is 17.6 Å². The highest BCUT2D eigenvalue weighted by Gasteiger charge is 2.27. The van der Waals surface area contributed by atoms with Gasteiger partial charge in [0.1, 0.15) is 0 Å². The van der Waals surface area contributed by atoms with E-state index in [0.717, 1.165) is 6.26 Å². The third-order valence-electron chi connectivity index (χ3n) is 3.76. The Hall–Kier alpha value is -2.00. The molecule has 1 unspecified atom stereocenters. The number of carbonyl (C=O) groups is 1. The standard InChI is InChI=1S/C17H29N3O5S/c1-11(2)9-17(3,10-18)19-16(21)12-7-13(20-26(6,22)23)15(25-5)14(8-12)24-4/h7-8,11,20H,9-10,18H2,1-6H3,(H,19,21). The van der Waals surface area contributed by atoms with Gasteiger partial charge >= 0.3 is 0 Å². The summed E-state index contributed by atoms with van der Waals surface area (Å²) in [6.45, 7) is 6.25. The van der Waals surface area contributed by atoms with Crippen LogP contribution in [0.4, 0.5) is 5.69 Å². The fourth-order valence-corrected chi connectivity index (χ4v) is 3.35. The number of nitrogens with two attached hydrogens (primary N) is 1. The molecule has 0 spiro atoms. The summed E-state index contributed by atoms with van der Waals surface area (Å²) in [6.07, 6.45) is 1.72. The minimum Gasteiger partial charge on any atom is -0.493 e. The van der Waals surface area contributed by atoms with Crippen LogP contribution >= 0.6 is 0 Å². The van der Waals surface area contributed by atoms with Gasteiger partial charge in [-0.05, 0) is 31.4 Å². The average Bonchev–Trinajstić information content (AvgIpc) is 2.51. The molecule has 4 N–H and O–H groups in total. The van der Waals surface area contributed by atoms with Gasteiger partial charge in [-0.25, -0.2) is 8.42 Å². The maximum absolute atomic E-state index is 12.7. The zero-order valence-electron chi connectivity index (χ0n) is 16.2. The molecule has 0 aliphatic carbocycles. The predicted molar refractivity (Wildman–Crippen MR) is 102 cm³/mol. The minimum atomic E-state index is -3.57. The molecule has 1 aromatic carbocycles. The van der Waals surface area contributed by atoms with Crippen molar-refractivity contribution in [3.8, 4) is 11.5 Å². The predicted octanol–water partition coefficient (Wildman–Crippen LogP) is 1.57. The molecule has 0 fully saturated rings. The van der Waals surface area contributed by atoms with E-state index in [9.17, 15) is 13.2 Å². The minimum absolute atomic E-state index is 0.123. The molecule has 0 aromatic heterocycles. The van der Waals surface area contributed by atoms with E-state index >= 15 is 0 Å². The van der Waals surface area contributed by atoms with Crippen LogP contribution in [-0.4, -0.2) is 46.9 Å². The number of nitrogens with one attached hydrogen (secondary N) is 2. The van der Waals surface area contributed by atoms with Crippen molar-refractivity contribution < 1.29 is 22.7 Å². The Morgan fingerprint density at radius 3 is 2.31 bits per heavy atom. The molecule has 9 heteroatoms. The normalized spacial score (nSPS) is 13.8. The lowest BCUT2D eigenvalue weighted by Gasteiger charge is -2.31. The van der Waals surface area contributed by atoms with E-state index in [0.29, 0.717) is 12.3 Å². The van der Waals surface area contributed by atoms with Crippen LogP contribution in [0, 0.1) is 5.92 Å². The quantitative estimate of drug-likeness (QED) is 0.592. The summed E-state index contributed by atoms with van der Waals surface area (Å²) in [7, 11) is -0.773. The van der Waals surface area contributed by atoms with E-state index in [4.69, 9.17) is 15.2 Å². The molecular formula is C17H29N3O5S. The SMILES string of the molecule is COc1cc(C(=O)NC(C)(CN)CC(C)C)cc(NS(C)(=O)=O)c1OC. The van der Waals surface area contributed by atoms with Crippen molar-refractivity contribution in [1.82, 2.24) is 5.32 Å². The maximum Gasteiger partial charge on any atom is 0.251 e. The summed E-state index contributed by atoms with van der Waals surface area (Å²) in [6, 6.07) is 2.90. The van der Waals surface area contributed by atoms with Crippen LogP contribution in [0.3, 0.4) is 0 Å². The van der Waals surface area contributed by atoms with E-state index in [1.54, 1.807) is 0 Å². The number of methoxy groups -OCH3 is 2. The lowest BCUT2D eigenvalue weighted by Crippen LogP contribution is -2.52. The smallest absolute Gasteiger partial charge is 0.251 e. The van der Waals surface area contributed by atoms with E-state index in [1.807, 2.05) is 20.8 Å². The van der Waals surface area contributed by atoms with Crippen LogP contribution in [0.25, 0.3) is 0 Å². The van der Waals surface area contributed by atoms with Crippen LogP contribution in [0.15, 0.2) is 12.1 Å². The molecule has 0 heterocycles. The second kappa shape index (κ2) is 8.59. The van der Waals surface area contributed by atoms with Crippen LogP contribution in [-0.2, 0) is 10.0 Å². The van der Waals surface area contributed by atoms with Gasteiger partial charge in [0.15, 0.2) is 11.5 Å². The van der Waals surface area contributed by atoms with Crippen molar-refractivity contribution >= 4 is 21.6 Å². The van der Waals surface area contributed by atoms with Crippen molar-refractivity contribution in [2.45, 2.75) is 32.7 Å². The van der Waals surface area contributed by atoms with Crippen LogP contribution in [0.2, 0.25) is 0 Å². The van der Waals surface area contributed by atoms with Crippen molar-refractivity contribution in [3.05, 3.63) is 17.7 Å². The van der Waals surface area contributed by atoms with Crippen molar-refractivity contribution in [2.24, 2.45) is 11.7 Å². The summed E-state index contributed by atoms with van der Waals surface area (Å²) in [5, 5.41) is 2.93. The molecule has 0 saturated carbocycles. The zero-order valence-corrected chi connectivity index (χ0v) is 17.0. The fourth-order valence-electron chi connectivity index (χ4n) is 2.80. The van der Waals surface area contributed by atoms with Gasteiger partial charge in [-0.3, -0.25) is 9.52 Å². The first-order valence-corrected chi connectivity index (χ1v) is 10.1. The van der Waals surface area contributed by atoms with Crippen molar-refractivity contribution in [1.29, 1.82) is 0 Å². The molecule has 1 atom stereocenters. The molecule has 0 radical (unpaired) electrons. The van der Waals surface area contributed by atoms with Gasteiger partial charge in [-0.15, -0.1) is 0 Å². The highest BCUT2D eigenvalue weighted by atomic mass is 32.2. The zero-order chi connectivity index (χ0) is 20.1. The van der Waals surface area contributed by atoms with Gasteiger partial charge in [0.05, 0.1) is 26.2 Å². The fraction of sp³-hybridized carbons (Fsp3) is 0.588. The number of ether oxygens (including phenoxy) is 2. The second-order valence-corrected chi connectivity index (χ2v) is 8.70. The third kappa shape index (κ3) is 6.06. The van der Waals surface area contributed by atoms with Crippen LogP contribution in [0.5, 0.6) is 11.5 Å². The number of anilines is 1. The molecule has 0 saturated heterocycles. The number of amides is 1. The van der Waals surface area contributed by atoms with Gasteiger partial charge < -0.3 is 20.5 Å². The summed E-state index contributed by atoms with van der Waals surface area (Å²) in [4.78, 5) is 12.7. The van der Waals surface area contributed by atoms with Crippen molar-refractivity contribution in [2.75, 3.05) is 31.7 Å². The molecule has 148 valence electrons. The van der Waals surface area contributed by atoms with E-state index in [2.05, 4.69) is 10.0 Å². The first-order valence-electron chi connectivity index (χ1n) is 8.21. The molecule has 1 aromatic rings. The number of rotatable bonds is 9. The number of hydrogen-bond donors (Lipinski definition) is 3. The molecule has 26 heavy (non-hydrogen) atoms. The average molecular weight is 388 g/mol. The van der Waals surface area contributed by atoms with Gasteiger partial charge in [-0.1, -0.05) is 13.8 Å². The lowest BCUT2D eigenvalue weighted by molar-refractivity contribution is 0.0898. The Labute approximate surface area is 155 Å². The third-order valence-corrected chi connectivity index (χ3v) is 4.35. The summed E-state index contributed by atoms with van der Waals surface area (Å²) < 4.78 is 36.0. The highest BCUT2D eigenvalue weighted by Crippen LogP contribution is 2.37. The molecular weight excluding hydrogens is 358 g/mol. The number of sulfonamides is 1. The highest BCUT2D eigenvalue weighted by molar-refractivity contribution is 7.92. The first-order chi connectivity index (χ1) is 11.9. The lowest BCUT2D eigenvalue weighted by atomic mass is 9.90. The Kier molecular flexibility index (Phi) is 7.28. The topological polar surface area (TPSA) is 120 Å². The summed E-state index contributed by atoms with van der Waals surface area (Å²) in [5.74, 6) is 0.399. The van der Waals surface area contributed by atoms with E-state index in [-0.39, 0.29) is 35.2 Å². The molecule has 1 amide bonds. The number of hydrogen-bond acceptors (Lipinski definition) is 6. The number of carbonyl (C=O) groups excluding carboxylic acids is 1. The van der Waals surface area contributed by atoms with Gasteiger partial charge in [-0.2, -0.15) is 0 Å². The second-order valence-electron chi connectivity index (χ2n) is 6.95. The number of benzene rings is 1. The van der Waals surface area contributed by atoms with E-state index in [1.165, 1.54) is 26.4 Å². The largest absolute Gasteiger partial charge is 0.493 e. The molecule has 0 aliphatic heterocycles. The Balaban J connectivity index is 3.30. The molecule has 1 rings (SSSR count). The Bertz CT molecular complexity index is 749. The first kappa shape index (κ1) is 22.0. The molecule has 0 aliphatic rings. The Morgan fingerprint density at radius 2 is 1.88 bits per heavy atom. The summed E-state index contributed by atoms with van der Waals surface area (Å²) in [5.41, 5.74) is 5.62. The summed E-state index contributed by atoms with van der Waals surface area (Å²) >= 11 is 0. The maximum atomic E-state index is 12.7. The van der Waals surface area contributed by atoms with E-state index < -0.39 is 15.6 Å². The van der Waals surface area contributed by atoms with Crippen LogP contribution in [0.1, 0.15) is 37.6 Å². The molecule has 8 nitrogen and oxygen atoms in total. The van der Waals surface area contributed by atoms with Gasteiger partial charge in [0.2, 0.25) is 10.0 Å². The molecule has 0 bridgehead atoms. The monoisotopic (exact) mass is 387 g/mol. The van der Waals surface area contributed by atoms with Crippen molar-refractivity contribution in [3.63, 3.8) is 0 Å². The van der Waals surface area contributed by atoms with Gasteiger partial charge in [0.25, 0.3) is 5.91 Å². The Morgan fingerprint density at radius 1 is 1.27 bits per heavy atom.